The quantitative estimate of drug-likeness (QED) is 0.212. The van der Waals surface area contributed by atoms with Crippen molar-refractivity contribution < 1.29 is 9.16 Å². The van der Waals surface area contributed by atoms with Gasteiger partial charge >= 0.3 is 0 Å². The van der Waals surface area contributed by atoms with Crippen LogP contribution in [-0.2, 0) is 15.7 Å². The first-order chi connectivity index (χ1) is 18.9. The van der Waals surface area contributed by atoms with E-state index >= 15 is 0 Å². The number of hydrogen-bond acceptors (Lipinski definition) is 3. The summed E-state index contributed by atoms with van der Waals surface area (Å²) in [5, 5.41) is 7.34. The maximum Gasteiger partial charge on any atom is 0.261 e. The summed E-state index contributed by atoms with van der Waals surface area (Å²) in [6, 6.07) is 24.1. The van der Waals surface area contributed by atoms with E-state index in [9.17, 15) is 0 Å². The van der Waals surface area contributed by atoms with Crippen LogP contribution in [0.4, 0.5) is 0 Å². The summed E-state index contributed by atoms with van der Waals surface area (Å²) in [6.45, 7) is 16.6. The lowest BCUT2D eigenvalue weighted by Gasteiger charge is -2.69. The van der Waals surface area contributed by atoms with E-state index in [0.29, 0.717) is 24.0 Å². The zero-order chi connectivity index (χ0) is 28.3. The Bertz CT molecular complexity index is 1270. The fourth-order valence-electron chi connectivity index (χ4n) is 10.2. The van der Waals surface area contributed by atoms with E-state index in [1.807, 2.05) is 6.20 Å². The van der Waals surface area contributed by atoms with Gasteiger partial charge in [0.25, 0.3) is 8.32 Å². The summed E-state index contributed by atoms with van der Waals surface area (Å²) >= 11 is 0. The molecule has 4 nitrogen and oxygen atoms in total. The van der Waals surface area contributed by atoms with Gasteiger partial charge in [-0.3, -0.25) is 4.68 Å². The fraction of sp³-hybridized carbons (Fsp3) is 0.571. The fourth-order valence-corrected chi connectivity index (χ4v) is 14.8. The number of hydrogen-bond donors (Lipinski definition) is 0. The third kappa shape index (κ3) is 4.82. The molecule has 0 radical (unpaired) electrons. The first-order valence-electron chi connectivity index (χ1n) is 15.3. The molecule has 40 heavy (non-hydrogen) atoms. The molecule has 2 aromatic carbocycles. The standard InChI is InChI=1S/C35H48N2O2Si/c1-28-17-18-36-37(28)27-34-22-32(5)21-33(6,23-34)25-35(24-32,26-34)38-19-20-39-40(31(2,3)4,29-13-9-7-10-14-29)30-15-11-8-12-16-30/h7-18H,19-27H2,1-6H3. The Hall–Kier alpha value is -2.21. The highest BCUT2D eigenvalue weighted by Crippen LogP contribution is 2.72. The van der Waals surface area contributed by atoms with Crippen LogP contribution in [0.1, 0.15) is 78.8 Å². The molecule has 7 rings (SSSR count). The van der Waals surface area contributed by atoms with Gasteiger partial charge in [0.2, 0.25) is 0 Å². The molecule has 3 aromatic rings. The average molecular weight is 557 g/mol. The second kappa shape index (κ2) is 9.67. The first kappa shape index (κ1) is 27.9. The van der Waals surface area contributed by atoms with Crippen LogP contribution in [0.2, 0.25) is 5.04 Å². The molecule has 4 bridgehead atoms. The predicted molar refractivity (Wildman–Crippen MR) is 166 cm³/mol. The zero-order valence-electron chi connectivity index (χ0n) is 25.5. The summed E-state index contributed by atoms with van der Waals surface area (Å²) in [4.78, 5) is 0. The molecule has 0 N–H and O–H groups in total. The van der Waals surface area contributed by atoms with Crippen molar-refractivity contribution in [3.63, 3.8) is 0 Å². The molecule has 1 aromatic heterocycles. The molecule has 214 valence electrons. The van der Waals surface area contributed by atoms with Crippen molar-refractivity contribution >= 4 is 18.7 Å². The smallest absolute Gasteiger partial charge is 0.261 e. The van der Waals surface area contributed by atoms with Gasteiger partial charge < -0.3 is 9.16 Å². The molecule has 4 fully saturated rings. The lowest BCUT2D eigenvalue weighted by Crippen LogP contribution is -2.67. The molecule has 5 heteroatoms. The zero-order valence-corrected chi connectivity index (χ0v) is 26.5. The van der Waals surface area contributed by atoms with Crippen LogP contribution in [0.15, 0.2) is 72.9 Å². The predicted octanol–water partition coefficient (Wildman–Crippen LogP) is 6.90. The first-order valence-corrected chi connectivity index (χ1v) is 17.2. The van der Waals surface area contributed by atoms with E-state index in [2.05, 4.69) is 113 Å². The Labute approximate surface area is 242 Å². The van der Waals surface area contributed by atoms with Gasteiger partial charge in [-0.2, -0.15) is 5.10 Å². The molecule has 2 atom stereocenters. The van der Waals surface area contributed by atoms with Crippen LogP contribution in [0.3, 0.4) is 0 Å². The van der Waals surface area contributed by atoms with Crippen LogP contribution in [0, 0.1) is 23.2 Å². The summed E-state index contributed by atoms with van der Waals surface area (Å²) in [7, 11) is -2.56. The number of ether oxygens (including phenoxy) is 1. The average Bonchev–Trinajstić information content (AvgIpc) is 3.25. The van der Waals surface area contributed by atoms with Crippen molar-refractivity contribution in [3.05, 3.63) is 78.6 Å². The normalized spacial score (nSPS) is 31.6. The van der Waals surface area contributed by atoms with E-state index in [1.165, 1.54) is 48.2 Å². The number of nitrogens with zero attached hydrogens (tertiary/aromatic N) is 2. The highest BCUT2D eigenvalue weighted by Gasteiger charge is 2.66. The van der Waals surface area contributed by atoms with Gasteiger partial charge in [0.05, 0.1) is 18.8 Å². The topological polar surface area (TPSA) is 36.3 Å². The van der Waals surface area contributed by atoms with Crippen molar-refractivity contribution in [1.29, 1.82) is 0 Å². The highest BCUT2D eigenvalue weighted by molar-refractivity contribution is 6.99. The Morgan fingerprint density at radius 2 is 1.35 bits per heavy atom. The van der Waals surface area contributed by atoms with Gasteiger partial charge in [0.1, 0.15) is 0 Å². The van der Waals surface area contributed by atoms with Gasteiger partial charge in [-0.25, -0.2) is 0 Å². The maximum atomic E-state index is 7.21. The molecule has 4 aliphatic carbocycles. The van der Waals surface area contributed by atoms with E-state index in [0.717, 1.165) is 13.0 Å². The second-order valence-corrected chi connectivity index (χ2v) is 19.7. The summed E-state index contributed by atoms with van der Waals surface area (Å²) in [5.74, 6) is 0. The minimum Gasteiger partial charge on any atom is -0.405 e. The maximum absolute atomic E-state index is 7.21. The lowest BCUT2D eigenvalue weighted by molar-refractivity contribution is -0.249. The van der Waals surface area contributed by atoms with Crippen LogP contribution in [0.25, 0.3) is 0 Å². The van der Waals surface area contributed by atoms with Gasteiger partial charge in [0, 0.05) is 18.4 Å². The summed E-state index contributed by atoms with van der Waals surface area (Å²) < 4.78 is 16.6. The summed E-state index contributed by atoms with van der Waals surface area (Å²) in [5.41, 5.74) is 2.13. The molecule has 2 unspecified atom stereocenters. The van der Waals surface area contributed by atoms with E-state index in [4.69, 9.17) is 14.3 Å². The van der Waals surface area contributed by atoms with Crippen LogP contribution in [-0.4, -0.2) is 36.9 Å². The van der Waals surface area contributed by atoms with Gasteiger partial charge in [0.15, 0.2) is 0 Å². The number of aromatic nitrogens is 2. The van der Waals surface area contributed by atoms with Crippen molar-refractivity contribution in [2.75, 3.05) is 13.2 Å². The minimum absolute atomic E-state index is 0.0248. The Morgan fingerprint density at radius 3 is 1.85 bits per heavy atom. The van der Waals surface area contributed by atoms with Crippen LogP contribution in [0.5, 0.6) is 0 Å². The van der Waals surface area contributed by atoms with Crippen LogP contribution >= 0.6 is 0 Å². The molecule has 1 heterocycles. The molecule has 4 aliphatic rings. The van der Waals surface area contributed by atoms with Crippen molar-refractivity contribution in [3.8, 4) is 0 Å². The number of rotatable bonds is 9. The Kier molecular flexibility index (Phi) is 6.76. The van der Waals surface area contributed by atoms with Crippen molar-refractivity contribution in [1.82, 2.24) is 9.78 Å². The largest absolute Gasteiger partial charge is 0.405 e. The van der Waals surface area contributed by atoms with Gasteiger partial charge in [-0.15, -0.1) is 0 Å². The monoisotopic (exact) mass is 556 g/mol. The third-order valence-corrected chi connectivity index (χ3v) is 15.3. The van der Waals surface area contributed by atoms with E-state index in [-0.39, 0.29) is 16.1 Å². The molecule has 0 saturated heterocycles. The summed E-state index contributed by atoms with van der Waals surface area (Å²) in [6.07, 6.45) is 9.35. The third-order valence-electron chi connectivity index (χ3n) is 10.3. The molecular formula is C35H48N2O2Si. The molecule has 0 aliphatic heterocycles. The second-order valence-electron chi connectivity index (χ2n) is 15.4. The number of benzene rings is 2. The van der Waals surface area contributed by atoms with Crippen molar-refractivity contribution in [2.45, 2.75) is 97.3 Å². The molecular weight excluding hydrogens is 508 g/mol. The van der Waals surface area contributed by atoms with Crippen molar-refractivity contribution in [2.24, 2.45) is 16.2 Å². The minimum atomic E-state index is -2.56. The Morgan fingerprint density at radius 1 is 0.775 bits per heavy atom. The highest BCUT2D eigenvalue weighted by atomic mass is 28.4. The van der Waals surface area contributed by atoms with Crippen LogP contribution < -0.4 is 10.4 Å². The van der Waals surface area contributed by atoms with Gasteiger partial charge in [-0.1, -0.05) is 95.3 Å². The van der Waals surface area contributed by atoms with Gasteiger partial charge in [-0.05, 0) is 83.2 Å². The molecule has 0 amide bonds. The SMILES string of the molecule is Cc1ccnn1CC12CC3(C)CC(C)(C1)CC(OCCO[Si](c1ccccc1)(c1ccccc1)C(C)(C)C)(C3)C2. The van der Waals surface area contributed by atoms with E-state index in [1.54, 1.807) is 0 Å². The number of aryl methyl sites for hydroxylation is 1. The molecule has 0 spiro atoms. The van der Waals surface area contributed by atoms with E-state index < -0.39 is 8.32 Å². The molecule has 4 saturated carbocycles. The lowest BCUT2D eigenvalue weighted by atomic mass is 9.39. The Balaban J connectivity index is 1.25.